The maximum atomic E-state index is 11.7. The SMILES string of the molecule is CC(C)(CCN)CCC(=O)Cc1nccs1. The first kappa shape index (κ1) is 13.3. The van der Waals surface area contributed by atoms with Gasteiger partial charge in [0.15, 0.2) is 0 Å². The van der Waals surface area contributed by atoms with Gasteiger partial charge < -0.3 is 5.73 Å². The van der Waals surface area contributed by atoms with Crippen molar-refractivity contribution in [2.45, 2.75) is 39.5 Å². The van der Waals surface area contributed by atoms with E-state index in [0.29, 0.717) is 19.4 Å². The number of hydrogen-bond donors (Lipinski definition) is 1. The van der Waals surface area contributed by atoms with Crippen LogP contribution in [0.2, 0.25) is 0 Å². The quantitative estimate of drug-likeness (QED) is 0.796. The molecule has 0 aliphatic heterocycles. The predicted octanol–water partition coefficient (Wildman–Crippen LogP) is 2.41. The molecular weight excluding hydrogens is 220 g/mol. The van der Waals surface area contributed by atoms with Crippen LogP contribution in [0.3, 0.4) is 0 Å². The van der Waals surface area contributed by atoms with Crippen LogP contribution < -0.4 is 5.73 Å². The van der Waals surface area contributed by atoms with E-state index in [1.165, 1.54) is 0 Å². The summed E-state index contributed by atoms with van der Waals surface area (Å²) in [5.41, 5.74) is 5.71. The van der Waals surface area contributed by atoms with E-state index < -0.39 is 0 Å². The summed E-state index contributed by atoms with van der Waals surface area (Å²) in [6.07, 6.45) is 4.74. The number of carbonyl (C=O) groups excluding carboxylic acids is 1. The number of rotatable bonds is 7. The molecule has 1 heterocycles. The summed E-state index contributed by atoms with van der Waals surface area (Å²) in [7, 11) is 0. The molecule has 0 amide bonds. The third-order valence-corrected chi connectivity index (χ3v) is 3.51. The van der Waals surface area contributed by atoms with Gasteiger partial charge in [-0.1, -0.05) is 13.8 Å². The zero-order valence-electron chi connectivity index (χ0n) is 10.0. The van der Waals surface area contributed by atoms with Crippen molar-refractivity contribution < 1.29 is 4.79 Å². The fourth-order valence-electron chi connectivity index (χ4n) is 1.59. The molecule has 0 fully saturated rings. The Morgan fingerprint density at radius 3 is 2.81 bits per heavy atom. The summed E-state index contributed by atoms with van der Waals surface area (Å²) in [5, 5.41) is 2.82. The number of aromatic nitrogens is 1. The van der Waals surface area contributed by atoms with Crippen molar-refractivity contribution in [3.8, 4) is 0 Å². The van der Waals surface area contributed by atoms with E-state index in [1.54, 1.807) is 17.5 Å². The van der Waals surface area contributed by atoms with Gasteiger partial charge in [0.2, 0.25) is 0 Å². The Morgan fingerprint density at radius 1 is 1.50 bits per heavy atom. The van der Waals surface area contributed by atoms with Crippen molar-refractivity contribution in [2.75, 3.05) is 6.54 Å². The lowest BCUT2D eigenvalue weighted by molar-refractivity contribution is -0.119. The smallest absolute Gasteiger partial charge is 0.139 e. The van der Waals surface area contributed by atoms with Gasteiger partial charge in [-0.25, -0.2) is 4.98 Å². The minimum absolute atomic E-state index is 0.174. The minimum Gasteiger partial charge on any atom is -0.330 e. The zero-order valence-corrected chi connectivity index (χ0v) is 10.8. The van der Waals surface area contributed by atoms with Crippen molar-refractivity contribution >= 4 is 17.1 Å². The molecule has 0 atom stereocenters. The molecule has 0 saturated heterocycles. The molecule has 0 aliphatic carbocycles. The summed E-state index contributed by atoms with van der Waals surface area (Å²) in [4.78, 5) is 15.8. The van der Waals surface area contributed by atoms with Crippen LogP contribution in [0.4, 0.5) is 0 Å². The fraction of sp³-hybridized carbons (Fsp3) is 0.667. The Labute approximate surface area is 101 Å². The number of ketones is 1. The molecule has 0 saturated carbocycles. The average molecular weight is 240 g/mol. The topological polar surface area (TPSA) is 56.0 Å². The summed E-state index contributed by atoms with van der Waals surface area (Å²) in [6.45, 7) is 5.01. The highest BCUT2D eigenvalue weighted by Gasteiger charge is 2.18. The van der Waals surface area contributed by atoms with Gasteiger partial charge in [-0.2, -0.15) is 0 Å². The highest BCUT2D eigenvalue weighted by molar-refractivity contribution is 7.09. The lowest BCUT2D eigenvalue weighted by Crippen LogP contribution is -2.18. The standard InChI is InChI=1S/C12H20N2OS/c1-12(2,5-6-13)4-3-10(15)9-11-14-7-8-16-11/h7-8H,3-6,9,13H2,1-2H3. The van der Waals surface area contributed by atoms with Gasteiger partial charge in [0.25, 0.3) is 0 Å². The van der Waals surface area contributed by atoms with Crippen molar-refractivity contribution in [2.24, 2.45) is 11.1 Å². The lowest BCUT2D eigenvalue weighted by Gasteiger charge is -2.23. The Hall–Kier alpha value is -0.740. The molecule has 16 heavy (non-hydrogen) atoms. The van der Waals surface area contributed by atoms with Crippen molar-refractivity contribution in [1.29, 1.82) is 0 Å². The third-order valence-electron chi connectivity index (χ3n) is 2.73. The highest BCUT2D eigenvalue weighted by Crippen LogP contribution is 2.26. The largest absolute Gasteiger partial charge is 0.330 e. The van der Waals surface area contributed by atoms with E-state index in [9.17, 15) is 4.79 Å². The van der Waals surface area contributed by atoms with Gasteiger partial charge in [0, 0.05) is 18.0 Å². The molecular formula is C12H20N2OS. The van der Waals surface area contributed by atoms with Crippen LogP contribution in [0.25, 0.3) is 0 Å². The van der Waals surface area contributed by atoms with Crippen LogP contribution in [0.5, 0.6) is 0 Å². The molecule has 1 rings (SSSR count). The molecule has 1 aromatic heterocycles. The van der Waals surface area contributed by atoms with Gasteiger partial charge in [-0.15, -0.1) is 11.3 Å². The van der Waals surface area contributed by atoms with Gasteiger partial charge in [0.1, 0.15) is 5.78 Å². The van der Waals surface area contributed by atoms with Crippen LogP contribution in [0, 0.1) is 5.41 Å². The number of Topliss-reactive ketones (excluding diaryl/α,β-unsaturated/α-hetero) is 1. The molecule has 0 aliphatic rings. The number of nitrogens with zero attached hydrogens (tertiary/aromatic N) is 1. The van der Waals surface area contributed by atoms with Gasteiger partial charge >= 0.3 is 0 Å². The van der Waals surface area contributed by atoms with Crippen molar-refractivity contribution in [3.63, 3.8) is 0 Å². The van der Waals surface area contributed by atoms with E-state index >= 15 is 0 Å². The maximum absolute atomic E-state index is 11.7. The number of hydrogen-bond acceptors (Lipinski definition) is 4. The molecule has 0 unspecified atom stereocenters. The molecule has 3 nitrogen and oxygen atoms in total. The fourth-order valence-corrected chi connectivity index (χ4v) is 2.24. The Morgan fingerprint density at radius 2 is 2.25 bits per heavy atom. The molecule has 0 aromatic carbocycles. The molecule has 0 spiro atoms. The first-order valence-corrected chi connectivity index (χ1v) is 6.51. The summed E-state index contributed by atoms with van der Waals surface area (Å²) in [5.74, 6) is 0.278. The van der Waals surface area contributed by atoms with Gasteiger partial charge in [-0.3, -0.25) is 4.79 Å². The monoisotopic (exact) mass is 240 g/mol. The lowest BCUT2D eigenvalue weighted by atomic mass is 9.83. The normalized spacial score (nSPS) is 11.7. The average Bonchev–Trinajstić information content (AvgIpc) is 2.68. The van der Waals surface area contributed by atoms with E-state index in [0.717, 1.165) is 17.8 Å². The second-order valence-electron chi connectivity index (χ2n) is 4.84. The Kier molecular flexibility index (Phi) is 5.09. The Balaban J connectivity index is 2.30. The van der Waals surface area contributed by atoms with Crippen LogP contribution in [0.15, 0.2) is 11.6 Å². The van der Waals surface area contributed by atoms with Crippen molar-refractivity contribution in [1.82, 2.24) is 4.98 Å². The molecule has 4 heteroatoms. The van der Waals surface area contributed by atoms with E-state index in [-0.39, 0.29) is 11.2 Å². The zero-order chi connectivity index (χ0) is 12.0. The minimum atomic E-state index is 0.174. The first-order valence-electron chi connectivity index (χ1n) is 5.64. The van der Waals surface area contributed by atoms with Gasteiger partial charge in [0.05, 0.1) is 11.4 Å². The maximum Gasteiger partial charge on any atom is 0.139 e. The van der Waals surface area contributed by atoms with Crippen molar-refractivity contribution in [3.05, 3.63) is 16.6 Å². The van der Waals surface area contributed by atoms with E-state index in [1.807, 2.05) is 5.38 Å². The molecule has 1 aromatic rings. The molecule has 0 radical (unpaired) electrons. The third kappa shape index (κ3) is 4.86. The molecule has 0 bridgehead atoms. The predicted molar refractivity (Wildman–Crippen MR) is 67.5 cm³/mol. The van der Waals surface area contributed by atoms with Crippen LogP contribution >= 0.6 is 11.3 Å². The Bertz CT molecular complexity index is 320. The van der Waals surface area contributed by atoms with Crippen LogP contribution in [-0.4, -0.2) is 17.3 Å². The number of carbonyl (C=O) groups is 1. The number of thiazole rings is 1. The summed E-state index contributed by atoms with van der Waals surface area (Å²) < 4.78 is 0. The van der Waals surface area contributed by atoms with E-state index in [2.05, 4.69) is 18.8 Å². The first-order chi connectivity index (χ1) is 7.53. The molecule has 2 N–H and O–H groups in total. The summed E-state index contributed by atoms with van der Waals surface area (Å²) >= 11 is 1.54. The second-order valence-corrected chi connectivity index (χ2v) is 5.82. The summed E-state index contributed by atoms with van der Waals surface area (Å²) in [6, 6.07) is 0. The number of nitrogens with two attached hydrogens (primary N) is 1. The van der Waals surface area contributed by atoms with Gasteiger partial charge in [-0.05, 0) is 24.8 Å². The van der Waals surface area contributed by atoms with Crippen LogP contribution in [-0.2, 0) is 11.2 Å². The van der Waals surface area contributed by atoms with E-state index in [4.69, 9.17) is 5.73 Å². The highest BCUT2D eigenvalue weighted by atomic mass is 32.1. The second kappa shape index (κ2) is 6.11. The molecule has 90 valence electrons. The van der Waals surface area contributed by atoms with Crippen LogP contribution in [0.1, 0.15) is 38.1 Å².